The van der Waals surface area contributed by atoms with E-state index in [9.17, 15) is 15.2 Å². The van der Waals surface area contributed by atoms with Crippen molar-refractivity contribution in [1.29, 1.82) is 0 Å². The van der Waals surface area contributed by atoms with Crippen LogP contribution in [0.1, 0.15) is 5.56 Å². The molecule has 21 heavy (non-hydrogen) atoms. The maximum absolute atomic E-state index is 10.7. The van der Waals surface area contributed by atoms with E-state index in [0.29, 0.717) is 17.9 Å². The minimum absolute atomic E-state index is 0.0729. The summed E-state index contributed by atoms with van der Waals surface area (Å²) in [4.78, 5) is 12.5. The molecule has 1 saturated heterocycles. The van der Waals surface area contributed by atoms with Gasteiger partial charge in [-0.15, -0.1) is 0 Å². The van der Waals surface area contributed by atoms with Crippen molar-refractivity contribution in [3.05, 3.63) is 33.9 Å². The lowest BCUT2D eigenvalue weighted by molar-refractivity contribution is -0.385. The van der Waals surface area contributed by atoms with Crippen LogP contribution in [0.2, 0.25) is 0 Å². The predicted molar refractivity (Wildman–Crippen MR) is 78.6 cm³/mol. The fourth-order valence-corrected chi connectivity index (χ4v) is 2.36. The second-order valence-electron chi connectivity index (χ2n) is 5.22. The zero-order valence-corrected chi connectivity index (χ0v) is 12.1. The maximum atomic E-state index is 10.7. The number of piperazine rings is 1. The number of hydrogen-bond donors (Lipinski definition) is 2. The number of aryl methyl sites for hydroxylation is 1. The fraction of sp³-hybridized carbons (Fsp3) is 0.571. The third-order valence-corrected chi connectivity index (χ3v) is 3.49. The van der Waals surface area contributed by atoms with Gasteiger partial charge in [0.1, 0.15) is 18.5 Å². The van der Waals surface area contributed by atoms with Gasteiger partial charge in [0, 0.05) is 44.4 Å². The normalized spacial score (nSPS) is 17.4. The molecule has 0 amide bonds. The zero-order valence-electron chi connectivity index (χ0n) is 12.1. The molecule has 1 aromatic carbocycles. The Labute approximate surface area is 123 Å². The molecule has 0 spiro atoms. The first kappa shape index (κ1) is 15.7. The van der Waals surface area contributed by atoms with Gasteiger partial charge in [0.2, 0.25) is 0 Å². The first-order chi connectivity index (χ1) is 10.1. The molecule has 2 N–H and O–H groups in total. The molecular formula is C14H21N3O4. The molecule has 1 aliphatic heterocycles. The van der Waals surface area contributed by atoms with Gasteiger partial charge in [0.25, 0.3) is 5.69 Å². The van der Waals surface area contributed by atoms with Crippen LogP contribution in [0.3, 0.4) is 0 Å². The molecule has 1 unspecified atom stereocenters. The van der Waals surface area contributed by atoms with Crippen molar-refractivity contribution in [3.63, 3.8) is 0 Å². The van der Waals surface area contributed by atoms with Crippen molar-refractivity contribution in [1.82, 2.24) is 10.2 Å². The van der Waals surface area contributed by atoms with Crippen LogP contribution in [0, 0.1) is 17.0 Å². The van der Waals surface area contributed by atoms with Crippen LogP contribution in [-0.4, -0.2) is 60.4 Å². The van der Waals surface area contributed by atoms with Crippen molar-refractivity contribution >= 4 is 5.69 Å². The predicted octanol–water partition coefficient (Wildman–Crippen LogP) is 0.548. The Kier molecular flexibility index (Phi) is 5.49. The summed E-state index contributed by atoms with van der Waals surface area (Å²) < 4.78 is 5.51. The summed E-state index contributed by atoms with van der Waals surface area (Å²) in [5.74, 6) is 0.539. The number of rotatable bonds is 6. The summed E-state index contributed by atoms with van der Waals surface area (Å²) in [6.45, 7) is 6.16. The molecule has 1 atom stereocenters. The molecule has 2 rings (SSSR count). The number of ether oxygens (including phenoxy) is 1. The standard InChI is InChI=1S/C14H21N3O4/c1-11-8-13(2-3-14(11)17(19)20)21-10-12(18)9-16-6-4-15-5-7-16/h2-3,8,12,15,18H,4-7,9-10H2,1H3. The lowest BCUT2D eigenvalue weighted by atomic mass is 10.2. The number of aliphatic hydroxyl groups excluding tert-OH is 1. The van der Waals surface area contributed by atoms with Crippen molar-refractivity contribution in [2.75, 3.05) is 39.3 Å². The smallest absolute Gasteiger partial charge is 0.272 e. The van der Waals surface area contributed by atoms with E-state index in [1.54, 1.807) is 19.1 Å². The highest BCUT2D eigenvalue weighted by molar-refractivity contribution is 5.44. The number of nitrogens with one attached hydrogen (secondary N) is 1. The highest BCUT2D eigenvalue weighted by Gasteiger charge is 2.15. The Morgan fingerprint density at radius 1 is 1.48 bits per heavy atom. The Bertz CT molecular complexity index is 489. The van der Waals surface area contributed by atoms with Gasteiger partial charge in [-0.05, 0) is 19.1 Å². The van der Waals surface area contributed by atoms with Gasteiger partial charge in [0.15, 0.2) is 0 Å². The zero-order chi connectivity index (χ0) is 15.2. The molecule has 7 nitrogen and oxygen atoms in total. The highest BCUT2D eigenvalue weighted by Crippen LogP contribution is 2.23. The number of nitro benzene ring substituents is 1. The highest BCUT2D eigenvalue weighted by atomic mass is 16.6. The van der Waals surface area contributed by atoms with Crippen LogP contribution in [0.5, 0.6) is 5.75 Å². The molecule has 0 aliphatic carbocycles. The van der Waals surface area contributed by atoms with Crippen LogP contribution in [0.25, 0.3) is 0 Å². The van der Waals surface area contributed by atoms with Crippen LogP contribution < -0.4 is 10.1 Å². The van der Waals surface area contributed by atoms with Crippen LogP contribution in [-0.2, 0) is 0 Å². The van der Waals surface area contributed by atoms with Crippen molar-refractivity contribution in [2.45, 2.75) is 13.0 Å². The summed E-state index contributed by atoms with van der Waals surface area (Å²) >= 11 is 0. The van der Waals surface area contributed by atoms with Gasteiger partial charge in [-0.2, -0.15) is 0 Å². The topological polar surface area (TPSA) is 87.9 Å². The molecular weight excluding hydrogens is 274 g/mol. The van der Waals surface area contributed by atoms with Gasteiger partial charge in [-0.1, -0.05) is 0 Å². The summed E-state index contributed by atoms with van der Waals surface area (Å²) in [6.07, 6.45) is -0.571. The van der Waals surface area contributed by atoms with E-state index in [-0.39, 0.29) is 12.3 Å². The number of β-amino-alcohol motifs (C(OH)–C–C–N with tert-alkyl or cyclic N) is 1. The van der Waals surface area contributed by atoms with Gasteiger partial charge < -0.3 is 15.2 Å². The number of benzene rings is 1. The Morgan fingerprint density at radius 2 is 2.19 bits per heavy atom. The largest absolute Gasteiger partial charge is 0.491 e. The molecule has 0 bridgehead atoms. The molecule has 7 heteroatoms. The summed E-state index contributed by atoms with van der Waals surface area (Å²) in [6, 6.07) is 4.60. The first-order valence-electron chi connectivity index (χ1n) is 7.05. The van der Waals surface area contributed by atoms with Crippen LogP contribution in [0.15, 0.2) is 18.2 Å². The number of nitro groups is 1. The fourth-order valence-electron chi connectivity index (χ4n) is 2.36. The molecule has 116 valence electrons. The third kappa shape index (κ3) is 4.66. The molecule has 1 aliphatic rings. The van der Waals surface area contributed by atoms with E-state index in [0.717, 1.165) is 26.2 Å². The monoisotopic (exact) mass is 295 g/mol. The second-order valence-corrected chi connectivity index (χ2v) is 5.22. The minimum atomic E-state index is -0.571. The molecule has 1 heterocycles. The summed E-state index contributed by atoms with van der Waals surface area (Å²) in [5, 5.41) is 24.0. The van der Waals surface area contributed by atoms with Crippen LogP contribution >= 0.6 is 0 Å². The van der Waals surface area contributed by atoms with E-state index < -0.39 is 11.0 Å². The molecule has 1 aromatic rings. The maximum Gasteiger partial charge on any atom is 0.272 e. The average molecular weight is 295 g/mol. The Hall–Kier alpha value is -1.70. The SMILES string of the molecule is Cc1cc(OCC(O)CN2CCNCC2)ccc1[N+](=O)[O-]. The lowest BCUT2D eigenvalue weighted by Crippen LogP contribution is -2.47. The van der Waals surface area contributed by atoms with E-state index in [1.165, 1.54) is 6.07 Å². The molecule has 0 aromatic heterocycles. The van der Waals surface area contributed by atoms with E-state index >= 15 is 0 Å². The van der Waals surface area contributed by atoms with Crippen LogP contribution in [0.4, 0.5) is 5.69 Å². The summed E-state index contributed by atoms with van der Waals surface area (Å²) in [7, 11) is 0. The van der Waals surface area contributed by atoms with Crippen molar-refractivity contribution < 1.29 is 14.8 Å². The molecule has 1 fully saturated rings. The van der Waals surface area contributed by atoms with E-state index in [4.69, 9.17) is 4.74 Å². The van der Waals surface area contributed by atoms with Crippen molar-refractivity contribution in [2.24, 2.45) is 0 Å². The second kappa shape index (κ2) is 7.35. The van der Waals surface area contributed by atoms with Crippen molar-refractivity contribution in [3.8, 4) is 5.75 Å². The molecule has 0 saturated carbocycles. The van der Waals surface area contributed by atoms with E-state index in [2.05, 4.69) is 10.2 Å². The minimum Gasteiger partial charge on any atom is -0.491 e. The Balaban J connectivity index is 1.81. The lowest BCUT2D eigenvalue weighted by Gasteiger charge is -2.29. The number of nitrogens with zero attached hydrogens (tertiary/aromatic N) is 2. The van der Waals surface area contributed by atoms with Gasteiger partial charge in [-0.25, -0.2) is 0 Å². The number of aliphatic hydroxyl groups is 1. The number of hydrogen-bond acceptors (Lipinski definition) is 6. The van der Waals surface area contributed by atoms with Gasteiger partial charge >= 0.3 is 0 Å². The Morgan fingerprint density at radius 3 is 2.81 bits per heavy atom. The molecule has 0 radical (unpaired) electrons. The van der Waals surface area contributed by atoms with Gasteiger partial charge in [0.05, 0.1) is 4.92 Å². The van der Waals surface area contributed by atoms with Gasteiger partial charge in [-0.3, -0.25) is 15.0 Å². The van der Waals surface area contributed by atoms with E-state index in [1.807, 2.05) is 0 Å². The summed E-state index contributed by atoms with van der Waals surface area (Å²) in [5.41, 5.74) is 0.623. The average Bonchev–Trinajstić information content (AvgIpc) is 2.46. The quantitative estimate of drug-likeness (QED) is 0.588. The first-order valence-corrected chi connectivity index (χ1v) is 7.05. The third-order valence-electron chi connectivity index (χ3n) is 3.49.